The lowest BCUT2D eigenvalue weighted by atomic mass is 10.1. The van der Waals surface area contributed by atoms with Gasteiger partial charge in [0, 0.05) is 27.5 Å². The Balaban J connectivity index is 2.54. The van der Waals surface area contributed by atoms with Crippen LogP contribution in [0.25, 0.3) is 11.3 Å². The fourth-order valence-electron chi connectivity index (χ4n) is 1.28. The first-order chi connectivity index (χ1) is 6.83. The lowest BCUT2D eigenvalue weighted by molar-refractivity contribution is 1.08. The van der Waals surface area contributed by atoms with Gasteiger partial charge in [-0.05, 0) is 17.6 Å². The van der Waals surface area contributed by atoms with Crippen molar-refractivity contribution < 1.29 is 0 Å². The van der Waals surface area contributed by atoms with Crippen molar-refractivity contribution in [1.82, 2.24) is 4.37 Å². The van der Waals surface area contributed by atoms with Gasteiger partial charge in [0.1, 0.15) is 0 Å². The fourth-order valence-corrected chi connectivity index (χ4v) is 2.46. The van der Waals surface area contributed by atoms with Gasteiger partial charge in [-0.15, -0.1) is 0 Å². The molecule has 0 atom stereocenters. The van der Waals surface area contributed by atoms with Gasteiger partial charge < -0.3 is 5.73 Å². The molecule has 4 heteroatoms. The maximum absolute atomic E-state index is 5.63. The molecular formula is C10H9BrN2S. The molecule has 0 saturated carbocycles. The van der Waals surface area contributed by atoms with Crippen LogP contribution < -0.4 is 5.73 Å². The SMILES string of the molecule is NCc1csnc1-c1ccccc1Br. The van der Waals surface area contributed by atoms with E-state index in [9.17, 15) is 0 Å². The van der Waals surface area contributed by atoms with Crippen molar-refractivity contribution >= 4 is 27.5 Å². The predicted octanol–water partition coefficient (Wildman–Crippen LogP) is 3.03. The standard InChI is InChI=1S/C10H9BrN2S/c11-9-4-2-1-3-8(9)10-7(5-12)6-14-13-10/h1-4,6H,5,12H2. The van der Waals surface area contributed by atoms with Crippen molar-refractivity contribution in [2.75, 3.05) is 0 Å². The number of halogens is 1. The molecule has 1 aromatic carbocycles. The van der Waals surface area contributed by atoms with Gasteiger partial charge in [-0.3, -0.25) is 0 Å². The largest absolute Gasteiger partial charge is 0.326 e. The lowest BCUT2D eigenvalue weighted by Gasteiger charge is -2.02. The molecule has 0 unspecified atom stereocenters. The van der Waals surface area contributed by atoms with E-state index in [0.29, 0.717) is 6.54 Å². The van der Waals surface area contributed by atoms with Crippen molar-refractivity contribution in [3.05, 3.63) is 39.7 Å². The van der Waals surface area contributed by atoms with Gasteiger partial charge >= 0.3 is 0 Å². The molecule has 2 rings (SSSR count). The molecule has 72 valence electrons. The molecule has 0 fully saturated rings. The zero-order valence-corrected chi connectivity index (χ0v) is 9.81. The Morgan fingerprint density at radius 2 is 2.14 bits per heavy atom. The Morgan fingerprint density at radius 1 is 1.36 bits per heavy atom. The van der Waals surface area contributed by atoms with Crippen molar-refractivity contribution in [2.45, 2.75) is 6.54 Å². The molecule has 0 aliphatic rings. The second-order valence-electron chi connectivity index (χ2n) is 2.87. The summed E-state index contributed by atoms with van der Waals surface area (Å²) in [5.74, 6) is 0. The zero-order valence-electron chi connectivity index (χ0n) is 7.40. The van der Waals surface area contributed by atoms with Gasteiger partial charge in [-0.1, -0.05) is 34.1 Å². The normalized spacial score (nSPS) is 10.4. The Kier molecular flexibility index (Phi) is 2.96. The fraction of sp³-hybridized carbons (Fsp3) is 0.100. The van der Waals surface area contributed by atoms with Crippen LogP contribution in [-0.2, 0) is 6.54 Å². The van der Waals surface area contributed by atoms with Gasteiger partial charge in [0.25, 0.3) is 0 Å². The molecule has 0 spiro atoms. The summed E-state index contributed by atoms with van der Waals surface area (Å²) in [6.07, 6.45) is 0. The smallest absolute Gasteiger partial charge is 0.0896 e. The van der Waals surface area contributed by atoms with Crippen molar-refractivity contribution in [3.63, 3.8) is 0 Å². The van der Waals surface area contributed by atoms with Crippen molar-refractivity contribution in [1.29, 1.82) is 0 Å². The van der Waals surface area contributed by atoms with E-state index in [-0.39, 0.29) is 0 Å². The van der Waals surface area contributed by atoms with Gasteiger partial charge in [-0.2, -0.15) is 4.37 Å². The lowest BCUT2D eigenvalue weighted by Crippen LogP contribution is -1.96. The van der Waals surface area contributed by atoms with E-state index in [1.165, 1.54) is 11.5 Å². The molecule has 0 aliphatic heterocycles. The minimum atomic E-state index is 0.535. The molecule has 14 heavy (non-hydrogen) atoms. The van der Waals surface area contributed by atoms with Gasteiger partial charge in [0.05, 0.1) is 5.69 Å². The van der Waals surface area contributed by atoms with E-state index in [1.807, 2.05) is 29.6 Å². The summed E-state index contributed by atoms with van der Waals surface area (Å²) < 4.78 is 5.41. The van der Waals surface area contributed by atoms with Crippen LogP contribution in [-0.4, -0.2) is 4.37 Å². The van der Waals surface area contributed by atoms with Gasteiger partial charge in [-0.25, -0.2) is 0 Å². The molecule has 1 heterocycles. The maximum Gasteiger partial charge on any atom is 0.0896 e. The molecular weight excluding hydrogens is 260 g/mol. The van der Waals surface area contributed by atoms with Crippen molar-refractivity contribution in [2.24, 2.45) is 5.73 Å². The summed E-state index contributed by atoms with van der Waals surface area (Å²) in [7, 11) is 0. The van der Waals surface area contributed by atoms with Crippen LogP contribution in [0.3, 0.4) is 0 Å². The average molecular weight is 269 g/mol. The summed E-state index contributed by atoms with van der Waals surface area (Å²) in [4.78, 5) is 0. The first-order valence-electron chi connectivity index (χ1n) is 4.21. The quantitative estimate of drug-likeness (QED) is 0.910. The maximum atomic E-state index is 5.63. The number of nitrogens with zero attached hydrogens (tertiary/aromatic N) is 1. The zero-order chi connectivity index (χ0) is 9.97. The van der Waals surface area contributed by atoms with Crippen molar-refractivity contribution in [3.8, 4) is 11.3 Å². The van der Waals surface area contributed by atoms with Crippen LogP contribution in [0, 0.1) is 0 Å². The van der Waals surface area contributed by atoms with E-state index in [4.69, 9.17) is 5.73 Å². The molecule has 2 nitrogen and oxygen atoms in total. The number of nitrogens with two attached hydrogens (primary N) is 1. The first kappa shape index (κ1) is 9.83. The third-order valence-corrected chi connectivity index (χ3v) is 3.36. The van der Waals surface area contributed by atoms with E-state index in [1.54, 1.807) is 0 Å². The van der Waals surface area contributed by atoms with E-state index >= 15 is 0 Å². The number of hydrogen-bond donors (Lipinski definition) is 1. The highest BCUT2D eigenvalue weighted by molar-refractivity contribution is 9.10. The molecule has 0 radical (unpaired) electrons. The Hall–Kier alpha value is -0.710. The highest BCUT2D eigenvalue weighted by atomic mass is 79.9. The minimum absolute atomic E-state index is 0.535. The third-order valence-electron chi connectivity index (χ3n) is 1.99. The van der Waals surface area contributed by atoms with Gasteiger partial charge in [0.2, 0.25) is 0 Å². The molecule has 2 aromatic rings. The Bertz CT molecular complexity index is 439. The van der Waals surface area contributed by atoms with Crippen LogP contribution >= 0.6 is 27.5 Å². The Labute approximate surface area is 95.1 Å². The second kappa shape index (κ2) is 4.21. The molecule has 0 saturated heterocycles. The summed E-state index contributed by atoms with van der Waals surface area (Å²) in [6.45, 7) is 0.535. The molecule has 0 amide bonds. The van der Waals surface area contributed by atoms with Crippen LogP contribution in [0.15, 0.2) is 34.1 Å². The van der Waals surface area contributed by atoms with Crippen LogP contribution in [0.2, 0.25) is 0 Å². The van der Waals surface area contributed by atoms with Gasteiger partial charge in [0.15, 0.2) is 0 Å². The summed E-state index contributed by atoms with van der Waals surface area (Å²) in [5.41, 5.74) is 8.83. The highest BCUT2D eigenvalue weighted by Gasteiger charge is 2.09. The number of benzene rings is 1. The number of hydrogen-bond acceptors (Lipinski definition) is 3. The third kappa shape index (κ3) is 1.73. The van der Waals surface area contributed by atoms with E-state index in [0.717, 1.165) is 21.3 Å². The molecule has 0 aliphatic carbocycles. The topological polar surface area (TPSA) is 38.9 Å². The number of rotatable bonds is 2. The van der Waals surface area contributed by atoms with Crippen LogP contribution in [0.5, 0.6) is 0 Å². The molecule has 1 aromatic heterocycles. The highest BCUT2D eigenvalue weighted by Crippen LogP contribution is 2.30. The molecule has 2 N–H and O–H groups in total. The first-order valence-corrected chi connectivity index (χ1v) is 5.84. The summed E-state index contributed by atoms with van der Waals surface area (Å²) >= 11 is 4.95. The number of aromatic nitrogens is 1. The van der Waals surface area contributed by atoms with Crippen LogP contribution in [0.4, 0.5) is 0 Å². The van der Waals surface area contributed by atoms with Crippen LogP contribution in [0.1, 0.15) is 5.56 Å². The average Bonchev–Trinajstić information content (AvgIpc) is 2.66. The predicted molar refractivity (Wildman–Crippen MR) is 63.1 cm³/mol. The monoisotopic (exact) mass is 268 g/mol. The minimum Gasteiger partial charge on any atom is -0.326 e. The molecule has 0 bridgehead atoms. The van der Waals surface area contributed by atoms with E-state index < -0.39 is 0 Å². The Morgan fingerprint density at radius 3 is 2.86 bits per heavy atom. The van der Waals surface area contributed by atoms with E-state index in [2.05, 4.69) is 20.3 Å². The summed E-state index contributed by atoms with van der Waals surface area (Å²) in [5, 5.41) is 1.99. The summed E-state index contributed by atoms with van der Waals surface area (Å²) in [6, 6.07) is 8.04. The second-order valence-corrected chi connectivity index (χ2v) is 4.36.